The van der Waals surface area contributed by atoms with E-state index >= 15 is 0 Å². The zero-order valence-electron chi connectivity index (χ0n) is 16.4. The molecule has 7 heteroatoms. The van der Waals surface area contributed by atoms with Gasteiger partial charge in [0.25, 0.3) is 0 Å². The molecule has 3 rings (SSSR count). The molecular weight excluding hydrogens is 473 g/mol. The van der Waals surface area contributed by atoms with Crippen LogP contribution in [0.2, 0.25) is 0 Å². The van der Waals surface area contributed by atoms with Crippen LogP contribution in [0.4, 0.5) is 0 Å². The van der Waals surface area contributed by atoms with Crippen molar-refractivity contribution in [2.75, 3.05) is 39.4 Å². The topological polar surface area (TPSA) is 46.1 Å². The molecule has 5 nitrogen and oxygen atoms in total. The third-order valence-electron chi connectivity index (χ3n) is 5.11. The predicted molar refractivity (Wildman–Crippen MR) is 124 cm³/mol. The lowest BCUT2D eigenvalue weighted by atomic mass is 10.1. The summed E-state index contributed by atoms with van der Waals surface area (Å²) in [7, 11) is 0. The zero-order valence-corrected chi connectivity index (χ0v) is 19.5. The summed E-state index contributed by atoms with van der Waals surface area (Å²) in [6.45, 7) is 7.58. The molecule has 1 aromatic heterocycles. The molecule has 0 spiro atoms. The number of thiophene rings is 1. The van der Waals surface area contributed by atoms with E-state index < -0.39 is 0 Å². The van der Waals surface area contributed by atoms with E-state index in [2.05, 4.69) is 34.0 Å². The molecule has 0 aliphatic carbocycles. The molecule has 0 amide bonds. The maximum absolute atomic E-state index is 6.13. The van der Waals surface area contributed by atoms with Crippen LogP contribution < -0.4 is 5.32 Å². The minimum absolute atomic E-state index is 0. The van der Waals surface area contributed by atoms with Gasteiger partial charge >= 0.3 is 0 Å². The Labute approximate surface area is 184 Å². The Morgan fingerprint density at radius 2 is 2.19 bits per heavy atom. The van der Waals surface area contributed by atoms with Gasteiger partial charge in [0, 0.05) is 32.8 Å². The van der Waals surface area contributed by atoms with Crippen molar-refractivity contribution in [1.82, 2.24) is 10.2 Å². The maximum atomic E-state index is 6.13. The van der Waals surface area contributed by atoms with Gasteiger partial charge in [-0.25, -0.2) is 0 Å². The standard InChI is InChI=1S/C20H33N3O2S.HI/c1-2-21-20(22-10-6-17-9-14-26-16-17)23-11-7-18(8-12-23)25-15-19-5-3-4-13-24-19;/h9,14,16,18-19H,2-8,10-13,15H2,1H3,(H,21,22);1H. The highest BCUT2D eigenvalue weighted by Crippen LogP contribution is 2.18. The fraction of sp³-hybridized carbons (Fsp3) is 0.750. The van der Waals surface area contributed by atoms with E-state index in [0.29, 0.717) is 12.2 Å². The first-order chi connectivity index (χ1) is 12.8. The van der Waals surface area contributed by atoms with E-state index in [9.17, 15) is 0 Å². The van der Waals surface area contributed by atoms with E-state index in [1.165, 1.54) is 18.4 Å². The Morgan fingerprint density at radius 1 is 1.33 bits per heavy atom. The van der Waals surface area contributed by atoms with Crippen molar-refractivity contribution in [3.63, 3.8) is 0 Å². The van der Waals surface area contributed by atoms with Crippen molar-refractivity contribution in [3.8, 4) is 0 Å². The molecule has 2 aliphatic rings. The molecule has 2 fully saturated rings. The van der Waals surface area contributed by atoms with Crippen LogP contribution in [0.3, 0.4) is 0 Å². The van der Waals surface area contributed by atoms with Crippen LogP contribution in [-0.2, 0) is 15.9 Å². The highest BCUT2D eigenvalue weighted by Gasteiger charge is 2.23. The Bertz CT molecular complexity index is 527. The normalized spacial score (nSPS) is 21.7. The van der Waals surface area contributed by atoms with Crippen molar-refractivity contribution < 1.29 is 9.47 Å². The molecule has 3 heterocycles. The molecule has 0 bridgehead atoms. The number of likely N-dealkylation sites (tertiary alicyclic amines) is 1. The first kappa shape index (κ1) is 22.9. The minimum atomic E-state index is 0. The fourth-order valence-electron chi connectivity index (χ4n) is 3.57. The number of halogens is 1. The third kappa shape index (κ3) is 7.87. The van der Waals surface area contributed by atoms with Gasteiger partial charge in [0.05, 0.1) is 18.8 Å². The number of guanidine groups is 1. The number of nitrogens with zero attached hydrogens (tertiary/aromatic N) is 2. The molecule has 154 valence electrons. The Morgan fingerprint density at radius 3 is 2.85 bits per heavy atom. The smallest absolute Gasteiger partial charge is 0.193 e. The van der Waals surface area contributed by atoms with Crippen molar-refractivity contribution >= 4 is 41.3 Å². The molecular formula is C20H34IN3O2S. The van der Waals surface area contributed by atoms with Gasteiger partial charge in [-0.3, -0.25) is 4.99 Å². The molecule has 2 saturated heterocycles. The van der Waals surface area contributed by atoms with Crippen LogP contribution in [0, 0.1) is 0 Å². The molecule has 0 aromatic carbocycles. The predicted octanol–water partition coefficient (Wildman–Crippen LogP) is 3.92. The van der Waals surface area contributed by atoms with Gasteiger partial charge in [0.15, 0.2) is 5.96 Å². The Hall–Kier alpha value is -0.380. The SMILES string of the molecule is CCNC(=NCCc1ccsc1)N1CCC(OCC2CCCCO2)CC1.I. The number of rotatable bonds is 7. The third-order valence-corrected chi connectivity index (χ3v) is 5.84. The van der Waals surface area contributed by atoms with E-state index in [4.69, 9.17) is 14.5 Å². The summed E-state index contributed by atoms with van der Waals surface area (Å²) >= 11 is 1.75. The Kier molecular flexibility index (Phi) is 11.0. The Balaban J connectivity index is 0.00000261. The van der Waals surface area contributed by atoms with Crippen LogP contribution >= 0.6 is 35.3 Å². The van der Waals surface area contributed by atoms with Crippen molar-refractivity contribution in [1.29, 1.82) is 0 Å². The lowest BCUT2D eigenvalue weighted by Crippen LogP contribution is -2.47. The van der Waals surface area contributed by atoms with Gasteiger partial charge < -0.3 is 19.7 Å². The van der Waals surface area contributed by atoms with Gasteiger partial charge in [-0.15, -0.1) is 24.0 Å². The first-order valence-corrected chi connectivity index (χ1v) is 11.1. The second-order valence-corrected chi connectivity index (χ2v) is 7.91. The molecule has 1 unspecified atom stereocenters. The van der Waals surface area contributed by atoms with E-state index in [-0.39, 0.29) is 24.0 Å². The van der Waals surface area contributed by atoms with E-state index in [0.717, 1.165) is 71.0 Å². The fourth-order valence-corrected chi connectivity index (χ4v) is 4.27. The van der Waals surface area contributed by atoms with Crippen LogP contribution in [0.25, 0.3) is 0 Å². The average molecular weight is 507 g/mol. The summed E-state index contributed by atoms with van der Waals surface area (Å²) in [6, 6.07) is 2.19. The van der Waals surface area contributed by atoms with Gasteiger partial charge in [0.2, 0.25) is 0 Å². The molecule has 2 aliphatic heterocycles. The molecule has 27 heavy (non-hydrogen) atoms. The van der Waals surface area contributed by atoms with Crippen molar-refractivity contribution in [2.45, 2.75) is 57.7 Å². The van der Waals surface area contributed by atoms with Gasteiger partial charge in [-0.05, 0) is 67.8 Å². The minimum Gasteiger partial charge on any atom is -0.376 e. The number of hydrogen-bond donors (Lipinski definition) is 1. The summed E-state index contributed by atoms with van der Waals surface area (Å²) in [5, 5.41) is 7.79. The number of aliphatic imine (C=N–C) groups is 1. The number of hydrogen-bond acceptors (Lipinski definition) is 4. The molecule has 0 saturated carbocycles. The summed E-state index contributed by atoms with van der Waals surface area (Å²) in [6.07, 6.45) is 7.47. The summed E-state index contributed by atoms with van der Waals surface area (Å²) in [5.41, 5.74) is 1.38. The summed E-state index contributed by atoms with van der Waals surface area (Å²) < 4.78 is 11.9. The highest BCUT2D eigenvalue weighted by atomic mass is 127. The first-order valence-electron chi connectivity index (χ1n) is 10.1. The van der Waals surface area contributed by atoms with Gasteiger partial charge in [0.1, 0.15) is 0 Å². The average Bonchev–Trinajstić information content (AvgIpc) is 3.20. The summed E-state index contributed by atoms with van der Waals surface area (Å²) in [4.78, 5) is 7.21. The van der Waals surface area contributed by atoms with Crippen LogP contribution in [0.5, 0.6) is 0 Å². The van der Waals surface area contributed by atoms with E-state index in [1.54, 1.807) is 11.3 Å². The van der Waals surface area contributed by atoms with Crippen LogP contribution in [-0.4, -0.2) is 62.5 Å². The van der Waals surface area contributed by atoms with Gasteiger partial charge in [-0.1, -0.05) is 0 Å². The largest absolute Gasteiger partial charge is 0.376 e. The lowest BCUT2D eigenvalue weighted by molar-refractivity contribution is -0.0721. The molecule has 0 radical (unpaired) electrons. The molecule has 1 N–H and O–H groups in total. The zero-order chi connectivity index (χ0) is 18.0. The van der Waals surface area contributed by atoms with Gasteiger partial charge in [-0.2, -0.15) is 11.3 Å². The maximum Gasteiger partial charge on any atom is 0.193 e. The number of piperidine rings is 1. The van der Waals surface area contributed by atoms with Crippen LogP contribution in [0.1, 0.15) is 44.6 Å². The second-order valence-electron chi connectivity index (χ2n) is 7.13. The van der Waals surface area contributed by atoms with Crippen molar-refractivity contribution in [2.24, 2.45) is 4.99 Å². The van der Waals surface area contributed by atoms with E-state index in [1.807, 2.05) is 0 Å². The summed E-state index contributed by atoms with van der Waals surface area (Å²) in [5.74, 6) is 1.05. The van der Waals surface area contributed by atoms with Crippen molar-refractivity contribution in [3.05, 3.63) is 22.4 Å². The quantitative estimate of drug-likeness (QED) is 0.345. The molecule has 1 atom stereocenters. The number of nitrogens with one attached hydrogen (secondary N) is 1. The van der Waals surface area contributed by atoms with Crippen LogP contribution in [0.15, 0.2) is 21.8 Å². The monoisotopic (exact) mass is 507 g/mol. The second kappa shape index (κ2) is 13.0. The lowest BCUT2D eigenvalue weighted by Gasteiger charge is -2.35. The number of ether oxygens (including phenoxy) is 2. The highest BCUT2D eigenvalue weighted by molar-refractivity contribution is 14.0. The molecule has 1 aromatic rings.